The van der Waals surface area contributed by atoms with Crippen LogP contribution in [-0.2, 0) is 19.0 Å². The van der Waals surface area contributed by atoms with E-state index in [0.717, 1.165) is 19.3 Å². The molecular formula is C10H14O4. The molecule has 3 saturated heterocycles. The Morgan fingerprint density at radius 2 is 1.86 bits per heavy atom. The molecule has 3 rings (SSSR count). The first kappa shape index (κ1) is 8.68. The maximum atomic E-state index is 10.9. The van der Waals surface area contributed by atoms with Crippen LogP contribution >= 0.6 is 0 Å². The summed E-state index contributed by atoms with van der Waals surface area (Å²) in [5.41, 5.74) is 0. The quantitative estimate of drug-likeness (QED) is 0.580. The third-order valence-corrected chi connectivity index (χ3v) is 3.32. The molecule has 5 atom stereocenters. The average molecular weight is 198 g/mol. The summed E-state index contributed by atoms with van der Waals surface area (Å²) in [5, 5.41) is 0. The predicted molar refractivity (Wildman–Crippen MR) is 46.7 cm³/mol. The molecule has 14 heavy (non-hydrogen) atoms. The van der Waals surface area contributed by atoms with Gasteiger partial charge in [-0.15, -0.1) is 0 Å². The van der Waals surface area contributed by atoms with Crippen LogP contribution < -0.4 is 0 Å². The minimum atomic E-state index is -0.222. The van der Waals surface area contributed by atoms with Crippen molar-refractivity contribution >= 4 is 5.97 Å². The second-order valence-corrected chi connectivity index (χ2v) is 4.36. The van der Waals surface area contributed by atoms with Gasteiger partial charge in [0.15, 0.2) is 0 Å². The van der Waals surface area contributed by atoms with Crippen LogP contribution in [0.2, 0.25) is 0 Å². The van der Waals surface area contributed by atoms with Crippen molar-refractivity contribution in [1.82, 2.24) is 0 Å². The number of ether oxygens (including phenoxy) is 3. The smallest absolute Gasteiger partial charge is 0.302 e. The Hall–Kier alpha value is -0.610. The van der Waals surface area contributed by atoms with E-state index in [4.69, 9.17) is 14.2 Å². The third kappa shape index (κ3) is 1.25. The minimum absolute atomic E-state index is 0.0707. The van der Waals surface area contributed by atoms with Gasteiger partial charge < -0.3 is 14.2 Å². The molecule has 0 aromatic carbocycles. The van der Waals surface area contributed by atoms with Gasteiger partial charge in [0.25, 0.3) is 0 Å². The minimum Gasteiger partial charge on any atom is -0.460 e. The van der Waals surface area contributed by atoms with Crippen LogP contribution in [0.15, 0.2) is 0 Å². The zero-order valence-corrected chi connectivity index (χ0v) is 8.14. The molecule has 0 aliphatic carbocycles. The maximum absolute atomic E-state index is 10.9. The zero-order valence-electron chi connectivity index (χ0n) is 8.14. The lowest BCUT2D eigenvalue weighted by molar-refractivity contribution is -0.177. The summed E-state index contributed by atoms with van der Waals surface area (Å²) < 4.78 is 16.8. The van der Waals surface area contributed by atoms with E-state index >= 15 is 0 Å². The molecule has 3 bridgehead atoms. The molecule has 4 heteroatoms. The van der Waals surface area contributed by atoms with Crippen molar-refractivity contribution < 1.29 is 19.0 Å². The largest absolute Gasteiger partial charge is 0.460 e. The Balaban J connectivity index is 1.76. The van der Waals surface area contributed by atoms with Crippen LogP contribution in [0, 0.1) is 0 Å². The summed E-state index contributed by atoms with van der Waals surface area (Å²) in [5.74, 6) is -0.222. The van der Waals surface area contributed by atoms with Gasteiger partial charge in [0, 0.05) is 26.2 Å². The van der Waals surface area contributed by atoms with Crippen molar-refractivity contribution in [2.45, 2.75) is 56.7 Å². The van der Waals surface area contributed by atoms with Gasteiger partial charge in [-0.05, 0) is 0 Å². The molecule has 3 aliphatic rings. The molecule has 3 aliphatic heterocycles. The Labute approximate surface area is 82.5 Å². The molecule has 0 unspecified atom stereocenters. The van der Waals surface area contributed by atoms with Gasteiger partial charge in [0.1, 0.15) is 6.10 Å². The average Bonchev–Trinajstić information content (AvgIpc) is 2.31. The lowest BCUT2D eigenvalue weighted by Crippen LogP contribution is -2.48. The van der Waals surface area contributed by atoms with Gasteiger partial charge in [-0.3, -0.25) is 4.79 Å². The second-order valence-electron chi connectivity index (χ2n) is 4.36. The molecule has 4 nitrogen and oxygen atoms in total. The van der Waals surface area contributed by atoms with E-state index in [1.54, 1.807) is 0 Å². The number of fused-ring (bicyclic) bond motifs is 2. The summed E-state index contributed by atoms with van der Waals surface area (Å²) in [7, 11) is 0. The van der Waals surface area contributed by atoms with E-state index in [2.05, 4.69) is 0 Å². The highest BCUT2D eigenvalue weighted by atomic mass is 16.6. The van der Waals surface area contributed by atoms with Gasteiger partial charge in [-0.2, -0.15) is 0 Å². The van der Waals surface area contributed by atoms with Crippen LogP contribution in [0.5, 0.6) is 0 Å². The molecule has 0 amide bonds. The molecule has 0 aromatic rings. The van der Waals surface area contributed by atoms with E-state index < -0.39 is 0 Å². The lowest BCUT2D eigenvalue weighted by atomic mass is 9.90. The fourth-order valence-electron chi connectivity index (χ4n) is 2.80. The van der Waals surface area contributed by atoms with Gasteiger partial charge in [0.05, 0.1) is 24.4 Å². The first-order valence-corrected chi connectivity index (χ1v) is 5.20. The lowest BCUT2D eigenvalue weighted by Gasteiger charge is -2.37. The van der Waals surface area contributed by atoms with Crippen molar-refractivity contribution in [2.24, 2.45) is 0 Å². The summed E-state index contributed by atoms with van der Waals surface area (Å²) in [6.07, 6.45) is 3.45. The number of carbonyl (C=O) groups excluding carboxylic acids is 1. The van der Waals surface area contributed by atoms with Gasteiger partial charge in [-0.1, -0.05) is 0 Å². The monoisotopic (exact) mass is 198 g/mol. The number of esters is 1. The second kappa shape index (κ2) is 2.94. The van der Waals surface area contributed by atoms with E-state index in [1.165, 1.54) is 6.92 Å². The van der Waals surface area contributed by atoms with E-state index in [0.29, 0.717) is 6.10 Å². The first-order chi connectivity index (χ1) is 6.72. The van der Waals surface area contributed by atoms with E-state index in [-0.39, 0.29) is 30.4 Å². The number of hydrogen-bond donors (Lipinski definition) is 0. The molecule has 3 heterocycles. The SMILES string of the molecule is CC(=O)O[C@H]1C[C@H]2O[C@H]3C[C@@H]1O[C@@H]2C3. The van der Waals surface area contributed by atoms with Crippen LogP contribution in [0.1, 0.15) is 26.2 Å². The Bertz CT molecular complexity index is 263. The molecule has 0 radical (unpaired) electrons. The van der Waals surface area contributed by atoms with Crippen molar-refractivity contribution in [3.8, 4) is 0 Å². The third-order valence-electron chi connectivity index (χ3n) is 3.32. The molecular weight excluding hydrogens is 184 g/mol. The highest BCUT2D eigenvalue weighted by Gasteiger charge is 2.51. The highest BCUT2D eigenvalue weighted by Crippen LogP contribution is 2.42. The maximum Gasteiger partial charge on any atom is 0.302 e. The molecule has 0 spiro atoms. The van der Waals surface area contributed by atoms with E-state index in [1.807, 2.05) is 0 Å². The van der Waals surface area contributed by atoms with Crippen LogP contribution in [0.3, 0.4) is 0 Å². The molecule has 3 fully saturated rings. The summed E-state index contributed by atoms with van der Waals surface area (Å²) in [6, 6.07) is 0. The number of carbonyl (C=O) groups is 1. The van der Waals surface area contributed by atoms with Gasteiger partial charge in [0.2, 0.25) is 0 Å². The molecule has 0 saturated carbocycles. The zero-order chi connectivity index (χ0) is 9.71. The number of hydrogen-bond acceptors (Lipinski definition) is 4. The van der Waals surface area contributed by atoms with E-state index in [9.17, 15) is 4.79 Å². The van der Waals surface area contributed by atoms with Crippen LogP contribution in [0.4, 0.5) is 0 Å². The van der Waals surface area contributed by atoms with Crippen LogP contribution in [0.25, 0.3) is 0 Å². The Morgan fingerprint density at radius 1 is 1.14 bits per heavy atom. The van der Waals surface area contributed by atoms with Crippen molar-refractivity contribution in [3.63, 3.8) is 0 Å². The summed E-state index contributed by atoms with van der Waals surface area (Å²) >= 11 is 0. The first-order valence-electron chi connectivity index (χ1n) is 5.20. The van der Waals surface area contributed by atoms with Crippen molar-refractivity contribution in [2.75, 3.05) is 0 Å². The topological polar surface area (TPSA) is 44.8 Å². The normalized spacial score (nSPS) is 49.4. The fourth-order valence-corrected chi connectivity index (χ4v) is 2.80. The predicted octanol–water partition coefficient (Wildman–Crippen LogP) is 0.637. The van der Waals surface area contributed by atoms with Crippen molar-refractivity contribution in [1.29, 1.82) is 0 Å². The standard InChI is InChI=1S/C10H14O4/c1-5(11)12-9-4-10-8-3-6(13-10)2-7(9)14-8/h6-10H,2-4H2,1H3/t6-,7-,8+,9-,10+/m0/s1. The molecule has 0 aromatic heterocycles. The van der Waals surface area contributed by atoms with Crippen molar-refractivity contribution in [3.05, 3.63) is 0 Å². The summed E-state index contributed by atoms with van der Waals surface area (Å²) in [6.45, 7) is 1.44. The molecule has 78 valence electrons. The highest BCUT2D eigenvalue weighted by molar-refractivity contribution is 5.66. The van der Waals surface area contributed by atoms with Gasteiger partial charge >= 0.3 is 5.97 Å². The fraction of sp³-hybridized carbons (Fsp3) is 0.900. The van der Waals surface area contributed by atoms with Crippen LogP contribution in [-0.4, -0.2) is 36.5 Å². The molecule has 0 N–H and O–H groups in total. The summed E-state index contributed by atoms with van der Waals surface area (Å²) in [4.78, 5) is 10.9. The number of rotatable bonds is 1. The Kier molecular flexibility index (Phi) is 1.82. The van der Waals surface area contributed by atoms with Gasteiger partial charge in [-0.25, -0.2) is 0 Å². The Morgan fingerprint density at radius 3 is 2.64 bits per heavy atom.